The van der Waals surface area contributed by atoms with E-state index in [1.54, 1.807) is 25.1 Å². The van der Waals surface area contributed by atoms with Crippen molar-refractivity contribution in [3.8, 4) is 0 Å². The van der Waals surface area contributed by atoms with E-state index in [1.165, 1.54) is 23.1 Å². The molecule has 5 nitrogen and oxygen atoms in total. The third-order valence-corrected chi connectivity index (χ3v) is 4.47. The number of halogens is 1. The number of anilines is 2. The van der Waals surface area contributed by atoms with E-state index in [0.717, 1.165) is 0 Å². The van der Waals surface area contributed by atoms with Gasteiger partial charge in [0.25, 0.3) is 0 Å². The second-order valence-electron chi connectivity index (χ2n) is 3.64. The smallest absolute Gasteiger partial charge is 0.237 e. The topological polar surface area (TPSA) is 80.9 Å². The SMILES string of the molecule is C[C@@H](Sc1nnc(N)s1)C(=O)Nc1ccccc1Cl. The molecule has 0 bridgehead atoms. The standard InChI is InChI=1S/C11H11ClN4OS2/c1-6(18-11-16-15-10(13)19-11)9(17)14-8-5-3-2-4-7(8)12/h2-6H,1H3,(H2,13,15)(H,14,17)/t6-/m1/s1. The van der Waals surface area contributed by atoms with Crippen molar-refractivity contribution < 1.29 is 4.79 Å². The van der Waals surface area contributed by atoms with Gasteiger partial charge in [0.1, 0.15) is 0 Å². The lowest BCUT2D eigenvalue weighted by molar-refractivity contribution is -0.115. The van der Waals surface area contributed by atoms with Crippen molar-refractivity contribution in [3.05, 3.63) is 29.3 Å². The first-order valence-corrected chi connectivity index (χ1v) is 7.44. The van der Waals surface area contributed by atoms with Gasteiger partial charge < -0.3 is 11.1 Å². The number of rotatable bonds is 4. The average Bonchev–Trinajstić information content (AvgIpc) is 2.77. The zero-order valence-electron chi connectivity index (χ0n) is 9.96. The van der Waals surface area contributed by atoms with Crippen molar-refractivity contribution in [2.75, 3.05) is 11.1 Å². The highest BCUT2D eigenvalue weighted by Gasteiger charge is 2.17. The van der Waals surface area contributed by atoms with Crippen LogP contribution in [0.2, 0.25) is 5.02 Å². The van der Waals surface area contributed by atoms with Crippen LogP contribution >= 0.6 is 34.7 Å². The molecule has 0 spiro atoms. The lowest BCUT2D eigenvalue weighted by Crippen LogP contribution is -2.22. The Balaban J connectivity index is 1.98. The molecule has 1 heterocycles. The molecule has 8 heteroatoms. The molecule has 0 aliphatic carbocycles. The number of carbonyl (C=O) groups excluding carboxylic acids is 1. The van der Waals surface area contributed by atoms with Crippen molar-refractivity contribution in [1.29, 1.82) is 0 Å². The quantitative estimate of drug-likeness (QED) is 0.848. The zero-order valence-corrected chi connectivity index (χ0v) is 12.4. The molecule has 3 N–H and O–H groups in total. The minimum atomic E-state index is -0.316. The van der Waals surface area contributed by atoms with Gasteiger partial charge in [-0.3, -0.25) is 4.79 Å². The first-order chi connectivity index (χ1) is 9.06. The van der Waals surface area contributed by atoms with Gasteiger partial charge in [0.05, 0.1) is 16.0 Å². The molecular formula is C11H11ClN4OS2. The number of hydrogen-bond acceptors (Lipinski definition) is 6. The maximum atomic E-state index is 12.0. The molecule has 1 aromatic heterocycles. The van der Waals surface area contributed by atoms with Gasteiger partial charge in [0.15, 0.2) is 4.34 Å². The number of thioether (sulfide) groups is 1. The Morgan fingerprint density at radius 2 is 2.21 bits per heavy atom. The highest BCUT2D eigenvalue weighted by Crippen LogP contribution is 2.28. The Labute approximate surface area is 123 Å². The third kappa shape index (κ3) is 3.82. The number of aromatic nitrogens is 2. The molecule has 1 atom stereocenters. The number of nitrogens with two attached hydrogens (primary N) is 1. The van der Waals surface area contributed by atoms with Crippen LogP contribution in [0.5, 0.6) is 0 Å². The van der Waals surface area contributed by atoms with Gasteiger partial charge in [0.2, 0.25) is 11.0 Å². The minimum absolute atomic E-state index is 0.146. The summed E-state index contributed by atoms with van der Waals surface area (Å²) in [5, 5.41) is 10.9. The monoisotopic (exact) mass is 314 g/mol. The highest BCUT2D eigenvalue weighted by molar-refractivity contribution is 8.02. The largest absolute Gasteiger partial charge is 0.374 e. The normalized spacial score (nSPS) is 12.1. The molecule has 0 fully saturated rings. The van der Waals surface area contributed by atoms with Gasteiger partial charge in [-0.1, -0.05) is 46.8 Å². The van der Waals surface area contributed by atoms with Crippen molar-refractivity contribution >= 4 is 51.4 Å². The molecule has 2 rings (SSSR count). The Bertz CT molecular complexity index is 590. The van der Waals surface area contributed by atoms with Gasteiger partial charge in [-0.15, -0.1) is 10.2 Å². The molecule has 100 valence electrons. The van der Waals surface area contributed by atoms with Gasteiger partial charge in [0, 0.05) is 0 Å². The van der Waals surface area contributed by atoms with Crippen molar-refractivity contribution in [2.45, 2.75) is 16.5 Å². The number of amides is 1. The predicted octanol–water partition coefficient (Wildman–Crippen LogP) is 2.89. The van der Waals surface area contributed by atoms with Crippen LogP contribution in [0.4, 0.5) is 10.8 Å². The summed E-state index contributed by atoms with van der Waals surface area (Å²) in [6.07, 6.45) is 0. The number of nitrogens with zero attached hydrogens (tertiary/aromatic N) is 2. The minimum Gasteiger partial charge on any atom is -0.374 e. The van der Waals surface area contributed by atoms with Crippen molar-refractivity contribution in [2.24, 2.45) is 0 Å². The second kappa shape index (κ2) is 6.23. The molecule has 0 unspecified atom stereocenters. The van der Waals surface area contributed by atoms with Crippen LogP contribution in [0.3, 0.4) is 0 Å². The number of nitrogens with one attached hydrogen (secondary N) is 1. The summed E-state index contributed by atoms with van der Waals surface area (Å²) in [7, 11) is 0. The van der Waals surface area contributed by atoms with E-state index >= 15 is 0 Å². The van der Waals surface area contributed by atoms with E-state index in [2.05, 4.69) is 15.5 Å². The maximum absolute atomic E-state index is 12.0. The summed E-state index contributed by atoms with van der Waals surface area (Å²) in [6.45, 7) is 1.79. The average molecular weight is 315 g/mol. The molecule has 0 radical (unpaired) electrons. The van der Waals surface area contributed by atoms with Crippen LogP contribution in [-0.4, -0.2) is 21.4 Å². The van der Waals surface area contributed by atoms with E-state index in [4.69, 9.17) is 17.3 Å². The highest BCUT2D eigenvalue weighted by atomic mass is 35.5. The fourth-order valence-corrected chi connectivity index (χ4v) is 3.23. The summed E-state index contributed by atoms with van der Waals surface area (Å²) < 4.78 is 0.666. The van der Waals surface area contributed by atoms with Crippen molar-refractivity contribution in [3.63, 3.8) is 0 Å². The fourth-order valence-electron chi connectivity index (χ4n) is 1.27. The molecule has 1 aromatic carbocycles. The molecule has 1 amide bonds. The van der Waals surface area contributed by atoms with Gasteiger partial charge in [-0.2, -0.15) is 0 Å². The van der Waals surface area contributed by atoms with Crippen LogP contribution in [0.15, 0.2) is 28.6 Å². The number of benzene rings is 1. The Morgan fingerprint density at radius 3 is 2.84 bits per heavy atom. The summed E-state index contributed by atoms with van der Waals surface area (Å²) >= 11 is 8.54. The molecule has 0 saturated carbocycles. The van der Waals surface area contributed by atoms with E-state index < -0.39 is 0 Å². The van der Waals surface area contributed by atoms with Crippen molar-refractivity contribution in [1.82, 2.24) is 10.2 Å². The molecule has 2 aromatic rings. The van der Waals surface area contributed by atoms with Gasteiger partial charge in [-0.25, -0.2) is 0 Å². The Morgan fingerprint density at radius 1 is 1.47 bits per heavy atom. The van der Waals surface area contributed by atoms with E-state index in [9.17, 15) is 4.79 Å². The first kappa shape index (κ1) is 14.1. The zero-order chi connectivity index (χ0) is 13.8. The third-order valence-electron chi connectivity index (χ3n) is 2.20. The number of nitrogen functional groups attached to an aromatic ring is 1. The summed E-state index contributed by atoms with van der Waals surface area (Å²) in [4.78, 5) is 12.0. The van der Waals surface area contributed by atoms with Crippen LogP contribution in [0.25, 0.3) is 0 Å². The van der Waals surface area contributed by atoms with Crippen LogP contribution < -0.4 is 11.1 Å². The number of para-hydroxylation sites is 1. The van der Waals surface area contributed by atoms with E-state index in [-0.39, 0.29) is 11.2 Å². The van der Waals surface area contributed by atoms with Crippen LogP contribution in [0, 0.1) is 0 Å². The first-order valence-electron chi connectivity index (χ1n) is 5.37. The Hall–Kier alpha value is -1.31. The Kier molecular flexibility index (Phi) is 4.62. The fraction of sp³-hybridized carbons (Fsp3) is 0.182. The number of carbonyl (C=O) groups is 1. The van der Waals surface area contributed by atoms with Crippen LogP contribution in [-0.2, 0) is 4.79 Å². The lowest BCUT2D eigenvalue weighted by Gasteiger charge is -2.11. The van der Waals surface area contributed by atoms with Gasteiger partial charge in [-0.05, 0) is 19.1 Å². The molecule has 19 heavy (non-hydrogen) atoms. The van der Waals surface area contributed by atoms with Gasteiger partial charge >= 0.3 is 0 Å². The molecule has 0 aliphatic heterocycles. The second-order valence-corrected chi connectivity index (χ2v) is 6.64. The van der Waals surface area contributed by atoms with Crippen LogP contribution in [0.1, 0.15) is 6.92 Å². The number of hydrogen-bond donors (Lipinski definition) is 2. The molecule has 0 saturated heterocycles. The summed E-state index contributed by atoms with van der Waals surface area (Å²) in [5.74, 6) is -0.146. The van der Waals surface area contributed by atoms with E-state index in [1.807, 2.05) is 6.07 Å². The summed E-state index contributed by atoms with van der Waals surface area (Å²) in [5.41, 5.74) is 6.08. The lowest BCUT2D eigenvalue weighted by atomic mass is 10.3. The maximum Gasteiger partial charge on any atom is 0.237 e. The predicted molar refractivity (Wildman–Crippen MR) is 79.7 cm³/mol. The summed E-state index contributed by atoms with van der Waals surface area (Å²) in [6, 6.07) is 7.09. The molecule has 0 aliphatic rings. The molecular weight excluding hydrogens is 304 g/mol. The van der Waals surface area contributed by atoms with E-state index in [0.29, 0.717) is 20.2 Å².